The molecule has 1 aromatic rings. The summed E-state index contributed by atoms with van der Waals surface area (Å²) >= 11 is 6.07. The van der Waals surface area contributed by atoms with Gasteiger partial charge in [-0.2, -0.15) is 0 Å². The van der Waals surface area contributed by atoms with Crippen LogP contribution in [0.3, 0.4) is 0 Å². The van der Waals surface area contributed by atoms with E-state index in [2.05, 4.69) is 46.3 Å². The van der Waals surface area contributed by atoms with Gasteiger partial charge in [-0.1, -0.05) is 18.5 Å². The summed E-state index contributed by atoms with van der Waals surface area (Å²) in [5.74, 6) is 1.37. The minimum Gasteiger partial charge on any atom is -0.383 e. The Labute approximate surface area is 119 Å². The minimum absolute atomic E-state index is 0.389. The molecule has 0 saturated carbocycles. The molecule has 0 amide bonds. The van der Waals surface area contributed by atoms with E-state index in [4.69, 9.17) is 11.6 Å². The lowest BCUT2D eigenvalue weighted by Crippen LogP contribution is -2.32. The molecule has 2 rings (SSSR count). The molecule has 1 fully saturated rings. The number of rotatable bonds is 4. The molecular formula is C13H22ClN5. The summed E-state index contributed by atoms with van der Waals surface area (Å²) in [5, 5.41) is 7.00. The van der Waals surface area contributed by atoms with Crippen LogP contribution in [0.1, 0.15) is 20.8 Å². The maximum Gasteiger partial charge on any atom is 0.157 e. The van der Waals surface area contributed by atoms with E-state index < -0.39 is 0 Å². The summed E-state index contributed by atoms with van der Waals surface area (Å²) in [6, 6.07) is 0.965. The zero-order chi connectivity index (χ0) is 14.0. The minimum atomic E-state index is 0.389. The van der Waals surface area contributed by atoms with Crippen LogP contribution >= 0.6 is 11.6 Å². The molecule has 2 unspecified atom stereocenters. The van der Waals surface area contributed by atoms with E-state index >= 15 is 0 Å². The van der Waals surface area contributed by atoms with Crippen molar-refractivity contribution in [1.82, 2.24) is 14.9 Å². The van der Waals surface area contributed by atoms with Crippen molar-refractivity contribution in [3.8, 4) is 0 Å². The average Bonchev–Trinajstić information content (AvgIpc) is 2.72. The van der Waals surface area contributed by atoms with Crippen molar-refractivity contribution in [2.75, 3.05) is 30.8 Å². The number of nitrogens with zero attached hydrogens (tertiary/aromatic N) is 3. The molecule has 2 heterocycles. The number of aromatic nitrogens is 2. The summed E-state index contributed by atoms with van der Waals surface area (Å²) in [7, 11) is 1.83. The third-order valence-corrected chi connectivity index (χ3v) is 4.03. The van der Waals surface area contributed by atoms with Crippen LogP contribution < -0.4 is 10.6 Å². The molecule has 106 valence electrons. The van der Waals surface area contributed by atoms with Gasteiger partial charge in [-0.25, -0.2) is 9.97 Å². The number of likely N-dealkylation sites (tertiary alicyclic amines) is 1. The maximum atomic E-state index is 6.07. The first kappa shape index (κ1) is 14.3. The third-order valence-electron chi connectivity index (χ3n) is 3.74. The maximum absolute atomic E-state index is 6.07. The molecule has 6 heteroatoms. The lowest BCUT2D eigenvalue weighted by Gasteiger charge is -2.21. The van der Waals surface area contributed by atoms with Gasteiger partial charge in [-0.3, -0.25) is 4.90 Å². The SMILES string of the molecule is CNc1c(Cl)ncnc1NC1CN(C(C)C)CC1C. The number of nitrogens with one attached hydrogen (secondary N) is 2. The Balaban J connectivity index is 2.12. The first-order valence-corrected chi connectivity index (χ1v) is 7.09. The van der Waals surface area contributed by atoms with Crippen molar-refractivity contribution >= 4 is 23.1 Å². The zero-order valence-electron chi connectivity index (χ0n) is 11.9. The molecule has 1 aliphatic rings. The molecule has 1 saturated heterocycles. The Bertz CT molecular complexity index is 437. The topological polar surface area (TPSA) is 53.1 Å². The van der Waals surface area contributed by atoms with Crippen molar-refractivity contribution in [1.29, 1.82) is 0 Å². The summed E-state index contributed by atoms with van der Waals surface area (Å²) in [6.45, 7) is 8.87. The van der Waals surface area contributed by atoms with E-state index in [1.54, 1.807) is 0 Å². The van der Waals surface area contributed by atoms with Crippen LogP contribution in [0.25, 0.3) is 0 Å². The number of hydrogen-bond donors (Lipinski definition) is 2. The third kappa shape index (κ3) is 3.09. The summed E-state index contributed by atoms with van der Waals surface area (Å²) < 4.78 is 0. The standard InChI is InChI=1S/C13H22ClN5/c1-8(2)19-5-9(3)10(6-19)18-13-11(15-4)12(14)16-7-17-13/h7-10,15H,5-6H2,1-4H3,(H,16,17,18). The molecule has 1 aromatic heterocycles. The molecule has 2 N–H and O–H groups in total. The lowest BCUT2D eigenvalue weighted by atomic mass is 10.1. The van der Waals surface area contributed by atoms with Gasteiger partial charge in [-0.05, 0) is 19.8 Å². The predicted molar refractivity (Wildman–Crippen MR) is 79.9 cm³/mol. The number of anilines is 2. The highest BCUT2D eigenvalue weighted by Crippen LogP contribution is 2.28. The van der Waals surface area contributed by atoms with Crippen LogP contribution in [-0.4, -0.2) is 47.1 Å². The summed E-state index contributed by atoms with van der Waals surface area (Å²) in [6.07, 6.45) is 1.49. The van der Waals surface area contributed by atoms with Crippen molar-refractivity contribution in [3.63, 3.8) is 0 Å². The van der Waals surface area contributed by atoms with Crippen LogP contribution in [0, 0.1) is 5.92 Å². The van der Waals surface area contributed by atoms with Crippen LogP contribution in [0.5, 0.6) is 0 Å². The fourth-order valence-electron chi connectivity index (χ4n) is 2.48. The molecule has 19 heavy (non-hydrogen) atoms. The Morgan fingerprint density at radius 1 is 1.37 bits per heavy atom. The van der Waals surface area contributed by atoms with Crippen LogP contribution in [0.15, 0.2) is 6.33 Å². The Hall–Kier alpha value is -1.07. The first-order chi connectivity index (χ1) is 9.02. The second-order valence-electron chi connectivity index (χ2n) is 5.41. The molecule has 5 nitrogen and oxygen atoms in total. The second-order valence-corrected chi connectivity index (χ2v) is 5.77. The molecule has 0 radical (unpaired) electrons. The lowest BCUT2D eigenvalue weighted by molar-refractivity contribution is 0.267. The quantitative estimate of drug-likeness (QED) is 0.831. The molecule has 0 aliphatic carbocycles. The fraction of sp³-hybridized carbons (Fsp3) is 0.692. The van der Waals surface area contributed by atoms with Crippen LogP contribution in [0.4, 0.5) is 11.5 Å². The highest BCUT2D eigenvalue weighted by atomic mass is 35.5. The summed E-state index contributed by atoms with van der Waals surface area (Å²) in [4.78, 5) is 10.8. The smallest absolute Gasteiger partial charge is 0.157 e. The van der Waals surface area contributed by atoms with Gasteiger partial charge in [0.25, 0.3) is 0 Å². The van der Waals surface area contributed by atoms with Gasteiger partial charge in [-0.15, -0.1) is 0 Å². The van der Waals surface area contributed by atoms with Gasteiger partial charge in [0.05, 0.1) is 0 Å². The second kappa shape index (κ2) is 5.92. The van der Waals surface area contributed by atoms with E-state index in [0.29, 0.717) is 23.2 Å². The van der Waals surface area contributed by atoms with E-state index in [1.807, 2.05) is 7.05 Å². The molecule has 0 spiro atoms. The number of hydrogen-bond acceptors (Lipinski definition) is 5. The van der Waals surface area contributed by atoms with Crippen molar-refractivity contribution in [2.24, 2.45) is 5.92 Å². The largest absolute Gasteiger partial charge is 0.383 e. The van der Waals surface area contributed by atoms with E-state index in [-0.39, 0.29) is 0 Å². The van der Waals surface area contributed by atoms with E-state index in [9.17, 15) is 0 Å². The van der Waals surface area contributed by atoms with Gasteiger partial charge >= 0.3 is 0 Å². The monoisotopic (exact) mass is 283 g/mol. The van der Waals surface area contributed by atoms with Gasteiger partial charge in [0, 0.05) is 32.2 Å². The Morgan fingerprint density at radius 3 is 2.68 bits per heavy atom. The average molecular weight is 284 g/mol. The molecule has 1 aliphatic heterocycles. The summed E-state index contributed by atoms with van der Waals surface area (Å²) in [5.41, 5.74) is 0.763. The van der Waals surface area contributed by atoms with Crippen LogP contribution in [0.2, 0.25) is 5.15 Å². The highest BCUT2D eigenvalue weighted by molar-refractivity contribution is 6.32. The zero-order valence-corrected chi connectivity index (χ0v) is 12.7. The number of halogens is 1. The molecular weight excluding hydrogens is 262 g/mol. The molecule has 2 atom stereocenters. The van der Waals surface area contributed by atoms with Gasteiger partial charge in [0.2, 0.25) is 0 Å². The van der Waals surface area contributed by atoms with Crippen molar-refractivity contribution < 1.29 is 0 Å². The van der Waals surface area contributed by atoms with Gasteiger partial charge < -0.3 is 10.6 Å². The van der Waals surface area contributed by atoms with Crippen molar-refractivity contribution in [3.05, 3.63) is 11.5 Å². The van der Waals surface area contributed by atoms with Crippen molar-refractivity contribution in [2.45, 2.75) is 32.9 Å². The van der Waals surface area contributed by atoms with Gasteiger partial charge in [0.1, 0.15) is 12.0 Å². The normalized spacial score (nSPS) is 23.9. The predicted octanol–water partition coefficient (Wildman–Crippen LogP) is 2.31. The fourth-order valence-corrected chi connectivity index (χ4v) is 2.71. The highest BCUT2D eigenvalue weighted by Gasteiger charge is 2.31. The first-order valence-electron chi connectivity index (χ1n) is 6.71. The molecule has 0 aromatic carbocycles. The van der Waals surface area contributed by atoms with E-state index in [1.165, 1.54) is 6.33 Å². The molecule has 0 bridgehead atoms. The Morgan fingerprint density at radius 2 is 2.11 bits per heavy atom. The van der Waals surface area contributed by atoms with E-state index in [0.717, 1.165) is 24.6 Å². The Kier molecular flexibility index (Phi) is 4.47. The van der Waals surface area contributed by atoms with Gasteiger partial charge in [0.15, 0.2) is 11.0 Å². The van der Waals surface area contributed by atoms with Crippen LogP contribution in [-0.2, 0) is 0 Å².